The first-order chi connectivity index (χ1) is 20.3. The average molecular weight is 524 g/mol. The summed E-state index contributed by atoms with van der Waals surface area (Å²) in [6, 6.07) is 46.6. The van der Waals surface area contributed by atoms with Gasteiger partial charge < -0.3 is 13.6 Å². The van der Waals surface area contributed by atoms with E-state index in [0.717, 1.165) is 44.3 Å². The smallest absolute Gasteiger partial charge is 0.159 e. The van der Waals surface area contributed by atoms with E-state index in [1.54, 1.807) is 0 Å². The molecule has 0 fully saturated rings. The maximum Gasteiger partial charge on any atom is 0.159 e. The van der Waals surface area contributed by atoms with Crippen LogP contribution in [-0.2, 0) is 0 Å². The molecular weight excluding hydrogens is 502 g/mol. The van der Waals surface area contributed by atoms with Gasteiger partial charge in [-0.2, -0.15) is 5.26 Å². The molecule has 0 saturated carbocycles. The molecule has 0 aliphatic heterocycles. The molecule has 0 aliphatic rings. The van der Waals surface area contributed by atoms with Crippen LogP contribution in [0, 0.1) is 11.3 Å². The molecule has 0 spiro atoms. The number of nitrogens with zero attached hydrogens (tertiary/aromatic N) is 3. The van der Waals surface area contributed by atoms with Gasteiger partial charge in [0, 0.05) is 32.3 Å². The summed E-state index contributed by atoms with van der Waals surface area (Å²) in [5.74, 6) is 0. The first kappa shape index (κ1) is 22.1. The lowest BCUT2D eigenvalue weighted by molar-refractivity contribution is 0.666. The predicted molar refractivity (Wildman–Crippen MR) is 167 cm³/mol. The fourth-order valence-electron chi connectivity index (χ4n) is 6.64. The van der Waals surface area contributed by atoms with Gasteiger partial charge >= 0.3 is 0 Å². The van der Waals surface area contributed by atoms with Crippen LogP contribution in [0.5, 0.6) is 0 Å². The van der Waals surface area contributed by atoms with E-state index in [9.17, 15) is 5.26 Å². The summed E-state index contributed by atoms with van der Waals surface area (Å²) in [5.41, 5.74) is 8.84. The van der Waals surface area contributed by atoms with Crippen LogP contribution in [0.3, 0.4) is 0 Å². The van der Waals surface area contributed by atoms with Gasteiger partial charge in [0.1, 0.15) is 5.58 Å². The van der Waals surface area contributed by atoms with E-state index in [4.69, 9.17) is 4.42 Å². The molecule has 41 heavy (non-hydrogen) atoms. The van der Waals surface area contributed by atoms with Crippen LogP contribution < -0.4 is 0 Å². The highest BCUT2D eigenvalue weighted by molar-refractivity contribution is 6.16. The highest BCUT2D eigenvalue weighted by atomic mass is 16.3. The van der Waals surface area contributed by atoms with Gasteiger partial charge in [0.15, 0.2) is 5.58 Å². The maximum atomic E-state index is 9.53. The lowest BCUT2D eigenvalue weighted by atomic mass is 10.1. The van der Waals surface area contributed by atoms with Crippen molar-refractivity contribution in [1.82, 2.24) is 9.13 Å². The molecule has 3 aromatic heterocycles. The van der Waals surface area contributed by atoms with Crippen LogP contribution in [-0.4, -0.2) is 9.13 Å². The molecule has 0 bridgehead atoms. The van der Waals surface area contributed by atoms with Crippen LogP contribution in [0.15, 0.2) is 132 Å². The van der Waals surface area contributed by atoms with Crippen LogP contribution in [0.2, 0.25) is 0 Å². The molecule has 0 N–H and O–H groups in total. The third kappa shape index (κ3) is 2.92. The third-order valence-corrected chi connectivity index (χ3v) is 8.34. The first-order valence-electron chi connectivity index (χ1n) is 13.7. The summed E-state index contributed by atoms with van der Waals surface area (Å²) in [6.45, 7) is 0. The van der Waals surface area contributed by atoms with Gasteiger partial charge in [0.2, 0.25) is 0 Å². The molecule has 6 aromatic carbocycles. The average Bonchev–Trinajstić information content (AvgIpc) is 3.68. The lowest BCUT2D eigenvalue weighted by Gasteiger charge is -2.14. The molecule has 9 aromatic rings. The van der Waals surface area contributed by atoms with Gasteiger partial charge in [-0.15, -0.1) is 0 Å². The van der Waals surface area contributed by atoms with Gasteiger partial charge in [-0.1, -0.05) is 78.9 Å². The molecule has 4 nitrogen and oxygen atoms in total. The van der Waals surface area contributed by atoms with Crippen molar-refractivity contribution in [3.05, 3.63) is 133 Å². The number of aromatic nitrogens is 2. The second kappa shape index (κ2) is 8.11. The van der Waals surface area contributed by atoms with E-state index >= 15 is 0 Å². The number of hydrogen-bond acceptors (Lipinski definition) is 2. The molecule has 3 heterocycles. The summed E-state index contributed by atoms with van der Waals surface area (Å²) in [5, 5.41) is 16.3. The number of nitriles is 1. The van der Waals surface area contributed by atoms with E-state index in [-0.39, 0.29) is 0 Å². The molecule has 0 radical (unpaired) electrons. The Labute approximate surface area is 234 Å². The fraction of sp³-hybridized carbons (Fsp3) is 0. The quantitative estimate of drug-likeness (QED) is 0.226. The summed E-state index contributed by atoms with van der Waals surface area (Å²) in [6.07, 6.45) is 0. The van der Waals surface area contributed by atoms with Gasteiger partial charge in [-0.3, -0.25) is 0 Å². The molecule has 0 amide bonds. The largest absolute Gasteiger partial charge is 0.454 e. The van der Waals surface area contributed by atoms with Crippen molar-refractivity contribution in [3.8, 4) is 17.4 Å². The highest BCUT2D eigenvalue weighted by Crippen LogP contribution is 2.41. The monoisotopic (exact) mass is 523 g/mol. The van der Waals surface area contributed by atoms with Gasteiger partial charge in [-0.05, 0) is 48.5 Å². The van der Waals surface area contributed by atoms with Crippen molar-refractivity contribution in [2.75, 3.05) is 0 Å². The molecule has 0 atom stereocenters. The summed E-state index contributed by atoms with van der Waals surface area (Å²) in [4.78, 5) is 0. The minimum atomic E-state index is 0.621. The van der Waals surface area contributed by atoms with Gasteiger partial charge in [0.25, 0.3) is 0 Å². The Hall–Kier alpha value is -5.79. The number of hydrogen-bond donors (Lipinski definition) is 0. The molecule has 4 heteroatoms. The van der Waals surface area contributed by atoms with E-state index < -0.39 is 0 Å². The Morgan fingerprint density at radius 2 is 1.05 bits per heavy atom. The Kier molecular flexibility index (Phi) is 4.37. The topological polar surface area (TPSA) is 46.8 Å². The second-order valence-corrected chi connectivity index (χ2v) is 10.5. The van der Waals surface area contributed by atoms with E-state index in [0.29, 0.717) is 5.56 Å². The fourth-order valence-corrected chi connectivity index (χ4v) is 6.64. The summed E-state index contributed by atoms with van der Waals surface area (Å²) >= 11 is 0. The zero-order valence-corrected chi connectivity index (χ0v) is 21.9. The second-order valence-electron chi connectivity index (χ2n) is 10.5. The third-order valence-electron chi connectivity index (χ3n) is 8.34. The van der Waals surface area contributed by atoms with Crippen molar-refractivity contribution in [2.45, 2.75) is 0 Å². The SMILES string of the molecule is N#Cc1ccc2oc3c(-n4c5ccccc5c5cccc(-n6c7ccccc7c7ccccc76)c54)cccc3c2c1. The molecule has 0 unspecified atom stereocenters. The number of para-hydroxylation sites is 5. The Balaban J connectivity index is 1.48. The van der Waals surface area contributed by atoms with Crippen LogP contribution >= 0.6 is 0 Å². The molecular formula is C37H21N3O. The number of furan rings is 1. The van der Waals surface area contributed by atoms with E-state index in [2.05, 4.69) is 124 Å². The zero-order valence-electron chi connectivity index (χ0n) is 21.9. The predicted octanol–water partition coefficient (Wildman–Crippen LogP) is 9.65. The van der Waals surface area contributed by atoms with E-state index in [1.807, 2.05) is 18.2 Å². The molecule has 0 aliphatic carbocycles. The number of rotatable bonds is 2. The lowest BCUT2D eigenvalue weighted by Crippen LogP contribution is -2.00. The Morgan fingerprint density at radius 3 is 1.73 bits per heavy atom. The summed E-state index contributed by atoms with van der Waals surface area (Å²) in [7, 11) is 0. The first-order valence-corrected chi connectivity index (χ1v) is 13.7. The van der Waals surface area contributed by atoms with Crippen molar-refractivity contribution in [2.24, 2.45) is 0 Å². The van der Waals surface area contributed by atoms with E-state index in [1.165, 1.54) is 32.6 Å². The standard InChI is InChI=1S/C37H21N3O/c38-22-23-19-20-35-29(21-23)28-13-8-18-34(37(28)41-35)40-32-16-6-3-11-26(32)27-12-7-17-33(36(27)40)39-30-14-4-1-9-24(30)25-10-2-5-15-31(25)39/h1-21H. The van der Waals surface area contributed by atoms with Crippen molar-refractivity contribution in [1.29, 1.82) is 5.26 Å². The number of benzene rings is 6. The van der Waals surface area contributed by atoms with Gasteiger partial charge in [0.05, 0.1) is 45.1 Å². The molecule has 0 saturated heterocycles. The van der Waals surface area contributed by atoms with Crippen molar-refractivity contribution < 1.29 is 4.42 Å². The normalized spacial score (nSPS) is 11.9. The Bertz CT molecular complexity index is 2500. The van der Waals surface area contributed by atoms with Crippen molar-refractivity contribution in [3.63, 3.8) is 0 Å². The minimum absolute atomic E-state index is 0.621. The molecule has 190 valence electrons. The number of fused-ring (bicyclic) bond motifs is 9. The maximum absolute atomic E-state index is 9.53. The molecule has 9 rings (SSSR count). The van der Waals surface area contributed by atoms with Crippen LogP contribution in [0.1, 0.15) is 5.56 Å². The van der Waals surface area contributed by atoms with Crippen LogP contribution in [0.4, 0.5) is 0 Å². The Morgan fingerprint density at radius 1 is 0.488 bits per heavy atom. The van der Waals surface area contributed by atoms with Crippen molar-refractivity contribution >= 4 is 65.6 Å². The zero-order chi connectivity index (χ0) is 27.1. The summed E-state index contributed by atoms with van der Waals surface area (Å²) < 4.78 is 11.3. The minimum Gasteiger partial charge on any atom is -0.454 e. The van der Waals surface area contributed by atoms with Gasteiger partial charge in [-0.25, -0.2) is 0 Å². The van der Waals surface area contributed by atoms with Crippen LogP contribution in [0.25, 0.3) is 76.9 Å². The highest BCUT2D eigenvalue weighted by Gasteiger charge is 2.22.